The van der Waals surface area contributed by atoms with Crippen LogP contribution in [0.3, 0.4) is 0 Å². The molecule has 3 aromatic rings. The number of ether oxygens (including phenoxy) is 1. The Bertz CT molecular complexity index is 1350. The van der Waals surface area contributed by atoms with Crippen molar-refractivity contribution in [1.82, 2.24) is 10.3 Å². The van der Waals surface area contributed by atoms with Crippen LogP contribution in [-0.4, -0.2) is 57.5 Å². The first-order valence-electron chi connectivity index (χ1n) is 11.6. The van der Waals surface area contributed by atoms with E-state index in [2.05, 4.69) is 4.98 Å². The first-order valence-corrected chi connectivity index (χ1v) is 11.6. The van der Waals surface area contributed by atoms with Crippen LogP contribution in [0, 0.1) is 0 Å². The highest BCUT2D eigenvalue weighted by Crippen LogP contribution is 2.47. The number of carbonyl (C=O) groups is 2. The van der Waals surface area contributed by atoms with Crippen molar-refractivity contribution in [3.05, 3.63) is 53.2 Å². The summed E-state index contributed by atoms with van der Waals surface area (Å²) in [6.07, 6.45) is -9.11. The van der Waals surface area contributed by atoms with E-state index in [9.17, 15) is 51.3 Å². The monoisotopic (exact) mass is 577 g/mol. The molecule has 218 valence electrons. The summed E-state index contributed by atoms with van der Waals surface area (Å²) in [5.41, 5.74) is -5.53. The molecule has 0 bridgehead atoms. The fourth-order valence-electron chi connectivity index (χ4n) is 3.77. The molecule has 0 aliphatic rings. The highest BCUT2D eigenvalue weighted by atomic mass is 19.4. The van der Waals surface area contributed by atoms with Crippen LogP contribution in [0.25, 0.3) is 10.9 Å². The third-order valence-corrected chi connectivity index (χ3v) is 5.98. The van der Waals surface area contributed by atoms with Crippen molar-refractivity contribution in [1.29, 1.82) is 0 Å². The van der Waals surface area contributed by atoms with Crippen LogP contribution in [0.1, 0.15) is 36.5 Å². The zero-order valence-corrected chi connectivity index (χ0v) is 21.0. The second-order valence-electron chi connectivity index (χ2n) is 9.27. The molecule has 6 N–H and O–H groups in total. The number of carbonyl (C=O) groups excluding carboxylic acids is 2. The molecular weight excluding hydrogens is 552 g/mol. The number of rotatable bonds is 8. The van der Waals surface area contributed by atoms with E-state index in [1.807, 2.05) is 13.8 Å². The summed E-state index contributed by atoms with van der Waals surface area (Å²) in [6, 6.07) is 4.27. The van der Waals surface area contributed by atoms with E-state index in [-0.39, 0.29) is 23.8 Å². The topological polar surface area (TPSA) is 144 Å². The van der Waals surface area contributed by atoms with Crippen molar-refractivity contribution in [3.8, 4) is 11.5 Å². The summed E-state index contributed by atoms with van der Waals surface area (Å²) < 4.78 is 89.2. The maximum Gasteiger partial charge on any atom is 0.420 e. The summed E-state index contributed by atoms with van der Waals surface area (Å²) in [6.45, 7) is 0.604. The molecule has 0 aliphatic heterocycles. The molecule has 0 radical (unpaired) electrons. The van der Waals surface area contributed by atoms with Gasteiger partial charge in [-0.15, -0.1) is 0 Å². The van der Waals surface area contributed by atoms with Crippen LogP contribution in [0.5, 0.6) is 11.5 Å². The Morgan fingerprint density at radius 1 is 0.900 bits per heavy atom. The molecule has 0 saturated carbocycles. The van der Waals surface area contributed by atoms with Gasteiger partial charge in [0.15, 0.2) is 5.75 Å². The van der Waals surface area contributed by atoms with E-state index in [0.717, 1.165) is 5.56 Å². The van der Waals surface area contributed by atoms with Crippen LogP contribution in [-0.2, 0) is 21.9 Å². The number of alkyl halides is 6. The number of aromatic nitrogens is 1. The number of nitrogens with one attached hydrogen (secondary N) is 3. The van der Waals surface area contributed by atoms with Gasteiger partial charge in [0.25, 0.3) is 0 Å². The van der Waals surface area contributed by atoms with Gasteiger partial charge >= 0.3 is 24.2 Å². The molecule has 0 aliphatic carbocycles. The van der Waals surface area contributed by atoms with Gasteiger partial charge in [0.2, 0.25) is 0 Å². The molecule has 0 unspecified atom stereocenters. The molecule has 1 heterocycles. The summed E-state index contributed by atoms with van der Waals surface area (Å²) in [4.78, 5) is 27.4. The molecule has 0 spiro atoms. The number of aliphatic hydroxyl groups excluding tert-OH is 3. The van der Waals surface area contributed by atoms with Crippen molar-refractivity contribution in [2.75, 3.05) is 25.1 Å². The highest BCUT2D eigenvalue weighted by Gasteiger charge is 2.43. The van der Waals surface area contributed by atoms with Gasteiger partial charge in [0.1, 0.15) is 22.4 Å². The lowest BCUT2D eigenvalue weighted by atomic mass is 10.0. The molecular formula is C25H25F6N3O6. The smallest absolute Gasteiger partial charge is 0.420 e. The molecule has 2 aromatic carbocycles. The van der Waals surface area contributed by atoms with Gasteiger partial charge in [0, 0.05) is 22.8 Å². The van der Waals surface area contributed by atoms with Crippen LogP contribution in [0.2, 0.25) is 0 Å². The zero-order valence-electron chi connectivity index (χ0n) is 21.0. The summed E-state index contributed by atoms with van der Waals surface area (Å²) in [5, 5.41) is 31.7. The third kappa shape index (κ3) is 6.48. The fourth-order valence-corrected chi connectivity index (χ4v) is 3.77. The lowest BCUT2D eigenvalue weighted by molar-refractivity contribution is -0.145. The predicted molar refractivity (Wildman–Crippen MR) is 130 cm³/mol. The Balaban J connectivity index is 2.06. The number of aromatic amines is 1. The molecule has 0 saturated heterocycles. The normalized spacial score (nSPS) is 12.6. The molecule has 0 fully saturated rings. The standard InChI is InChI=1S/C25H25F6N3O6/c1-12(2)16-8-32-19-4-3-14(7-15(16)19)40-20-17(24(26,27)28)5-13(6-18(20)25(29,30)31)33-21(38)22(39)34-23(9-35,10-36)11-37/h3-8,12,32,35-37H,9-11H2,1-2H3,(H,33,38)(H,34,39). The van der Waals surface area contributed by atoms with Crippen LogP contribution < -0.4 is 15.4 Å². The number of fused-ring (bicyclic) bond motifs is 1. The number of anilines is 1. The Morgan fingerprint density at radius 3 is 1.93 bits per heavy atom. The number of amides is 2. The SMILES string of the molecule is CC(C)c1c[nH]c2ccc(Oc3c(C(F)(F)F)cc(NC(=O)C(=O)NC(CO)(CO)CO)cc3C(F)(F)F)cc12. The average molecular weight is 577 g/mol. The lowest BCUT2D eigenvalue weighted by Gasteiger charge is -2.28. The molecule has 2 amide bonds. The van der Waals surface area contributed by atoms with Crippen molar-refractivity contribution in [2.24, 2.45) is 0 Å². The molecule has 0 atom stereocenters. The van der Waals surface area contributed by atoms with Gasteiger partial charge < -0.3 is 35.7 Å². The summed E-state index contributed by atoms with van der Waals surface area (Å²) >= 11 is 0. The van der Waals surface area contributed by atoms with Crippen molar-refractivity contribution in [2.45, 2.75) is 37.7 Å². The van der Waals surface area contributed by atoms with Gasteiger partial charge in [-0.25, -0.2) is 0 Å². The van der Waals surface area contributed by atoms with Gasteiger partial charge in [-0.1, -0.05) is 13.8 Å². The van der Waals surface area contributed by atoms with Gasteiger partial charge in [-0.3, -0.25) is 9.59 Å². The number of halogens is 6. The summed E-state index contributed by atoms with van der Waals surface area (Å²) in [5.74, 6) is -5.27. The molecule has 1 aromatic heterocycles. The minimum absolute atomic E-state index is 0.0159. The molecule has 40 heavy (non-hydrogen) atoms. The van der Waals surface area contributed by atoms with E-state index in [0.29, 0.717) is 10.9 Å². The fraction of sp³-hybridized carbons (Fsp3) is 0.360. The van der Waals surface area contributed by atoms with Gasteiger partial charge in [-0.05, 0) is 41.8 Å². The Kier molecular flexibility index (Phi) is 8.71. The maximum atomic E-state index is 14.0. The van der Waals surface area contributed by atoms with E-state index >= 15 is 0 Å². The number of benzene rings is 2. The second-order valence-corrected chi connectivity index (χ2v) is 9.27. The minimum atomic E-state index is -5.39. The number of H-pyrrole nitrogens is 1. The van der Waals surface area contributed by atoms with Gasteiger partial charge in [0.05, 0.1) is 19.8 Å². The summed E-state index contributed by atoms with van der Waals surface area (Å²) in [7, 11) is 0. The van der Waals surface area contributed by atoms with E-state index in [1.54, 1.807) is 16.8 Å². The molecule has 9 nitrogen and oxygen atoms in total. The van der Waals surface area contributed by atoms with Crippen LogP contribution in [0.4, 0.5) is 32.0 Å². The Hall–Kier alpha value is -3.82. The van der Waals surface area contributed by atoms with E-state index < -0.39 is 72.1 Å². The van der Waals surface area contributed by atoms with E-state index in [4.69, 9.17) is 4.74 Å². The van der Waals surface area contributed by atoms with Gasteiger partial charge in [-0.2, -0.15) is 26.3 Å². The third-order valence-electron chi connectivity index (χ3n) is 5.98. The van der Waals surface area contributed by atoms with Crippen molar-refractivity contribution < 1.29 is 56.0 Å². The average Bonchev–Trinajstić information content (AvgIpc) is 3.30. The van der Waals surface area contributed by atoms with Crippen LogP contribution >= 0.6 is 0 Å². The zero-order chi connectivity index (χ0) is 30.0. The number of hydrogen-bond acceptors (Lipinski definition) is 6. The number of aliphatic hydroxyl groups is 3. The first-order chi connectivity index (χ1) is 18.5. The van der Waals surface area contributed by atoms with Crippen LogP contribution in [0.15, 0.2) is 36.5 Å². The Labute approximate surface area is 222 Å². The minimum Gasteiger partial charge on any atom is -0.456 e. The quantitative estimate of drug-likeness (QED) is 0.177. The molecule has 3 rings (SSSR count). The largest absolute Gasteiger partial charge is 0.456 e. The van der Waals surface area contributed by atoms with Crippen molar-refractivity contribution in [3.63, 3.8) is 0 Å². The highest BCUT2D eigenvalue weighted by molar-refractivity contribution is 6.39. The van der Waals surface area contributed by atoms with Crippen molar-refractivity contribution >= 4 is 28.4 Å². The first kappa shape index (κ1) is 30.7. The Morgan fingerprint density at radius 2 is 1.45 bits per heavy atom. The maximum absolute atomic E-state index is 14.0. The predicted octanol–water partition coefficient (Wildman–Crippen LogP) is 3.89. The number of hydrogen-bond donors (Lipinski definition) is 6. The molecule has 15 heteroatoms. The second kappa shape index (κ2) is 11.3. The van der Waals surface area contributed by atoms with E-state index in [1.165, 1.54) is 18.2 Å². The lowest BCUT2D eigenvalue weighted by Crippen LogP contribution is -2.59.